The van der Waals surface area contributed by atoms with Gasteiger partial charge in [-0.1, -0.05) is 13.8 Å². The third kappa shape index (κ3) is 12.9. The molecular formula is C7H15BF3KN2O. The average molecular weight is 250 g/mol. The van der Waals surface area contributed by atoms with E-state index >= 15 is 0 Å². The van der Waals surface area contributed by atoms with E-state index in [9.17, 15) is 17.7 Å². The van der Waals surface area contributed by atoms with Gasteiger partial charge in [0.05, 0.1) is 6.54 Å². The second-order valence-electron chi connectivity index (χ2n) is 3.76. The Balaban J connectivity index is 0. The van der Waals surface area contributed by atoms with Crippen LogP contribution in [0.15, 0.2) is 0 Å². The molecule has 15 heavy (non-hydrogen) atoms. The Hall–Kier alpha value is 0.921. The number of hydrogen-bond donors (Lipinski definition) is 1. The quantitative estimate of drug-likeness (QED) is 0.545. The first-order valence-corrected chi connectivity index (χ1v) is 4.42. The number of nitrogens with zero attached hydrogens (tertiary/aromatic N) is 1. The van der Waals surface area contributed by atoms with Gasteiger partial charge in [0.1, 0.15) is 0 Å². The zero-order chi connectivity index (χ0) is 11.4. The van der Waals surface area contributed by atoms with E-state index in [4.69, 9.17) is 5.73 Å². The number of hydrogen-bond acceptors (Lipinski definition) is 2. The maximum absolute atomic E-state index is 12.1. The van der Waals surface area contributed by atoms with Gasteiger partial charge >= 0.3 is 58.4 Å². The molecule has 0 spiro atoms. The van der Waals surface area contributed by atoms with Gasteiger partial charge < -0.3 is 23.6 Å². The summed E-state index contributed by atoms with van der Waals surface area (Å²) in [6, 6.07) is 0. The molecule has 3 nitrogen and oxygen atoms in total. The van der Waals surface area contributed by atoms with Crippen LogP contribution in [0.1, 0.15) is 13.8 Å². The molecule has 84 valence electrons. The van der Waals surface area contributed by atoms with Crippen molar-refractivity contribution in [3.05, 3.63) is 0 Å². The fourth-order valence-electron chi connectivity index (χ4n) is 1.23. The first-order chi connectivity index (χ1) is 6.20. The van der Waals surface area contributed by atoms with Crippen molar-refractivity contribution in [2.75, 3.05) is 19.5 Å². The van der Waals surface area contributed by atoms with Gasteiger partial charge in [-0.3, -0.25) is 4.79 Å². The molecule has 0 aliphatic heterocycles. The molecule has 0 aliphatic rings. The topological polar surface area (TPSA) is 46.3 Å². The standard InChI is InChI=1S/C7H15BF3N2O.K/c1-6(2)3-13(4-7(12)14)5-8(9,10)11;/h6H,3-5H2,1-2H3,(H2,12,14);/q-1;+1. The average Bonchev–Trinajstić information content (AvgIpc) is 1.77. The van der Waals surface area contributed by atoms with Crippen LogP contribution in [-0.4, -0.2) is 37.3 Å². The van der Waals surface area contributed by atoms with Gasteiger partial charge in [-0.05, 0) is 18.9 Å². The fourth-order valence-corrected chi connectivity index (χ4v) is 1.23. The van der Waals surface area contributed by atoms with Crippen LogP contribution in [0.25, 0.3) is 0 Å². The normalized spacial score (nSPS) is 11.7. The van der Waals surface area contributed by atoms with Crippen LogP contribution < -0.4 is 57.1 Å². The molecule has 0 bridgehead atoms. The molecule has 0 aliphatic carbocycles. The van der Waals surface area contributed by atoms with Crippen LogP contribution in [-0.2, 0) is 4.79 Å². The Morgan fingerprint density at radius 2 is 1.87 bits per heavy atom. The summed E-state index contributed by atoms with van der Waals surface area (Å²) in [6.07, 6.45) is -1.03. The third-order valence-corrected chi connectivity index (χ3v) is 1.47. The van der Waals surface area contributed by atoms with Crippen molar-refractivity contribution in [2.45, 2.75) is 13.8 Å². The van der Waals surface area contributed by atoms with E-state index < -0.39 is 19.3 Å². The van der Waals surface area contributed by atoms with Gasteiger partial charge in [0, 0.05) is 0 Å². The number of carbonyl (C=O) groups is 1. The molecule has 0 aromatic heterocycles. The van der Waals surface area contributed by atoms with Crippen molar-refractivity contribution in [3.63, 3.8) is 0 Å². The molecule has 0 aromatic carbocycles. The summed E-state index contributed by atoms with van der Waals surface area (Å²) < 4.78 is 36.2. The molecular weight excluding hydrogens is 235 g/mol. The van der Waals surface area contributed by atoms with Crippen LogP contribution in [0.4, 0.5) is 12.9 Å². The summed E-state index contributed by atoms with van der Waals surface area (Å²) >= 11 is 0. The molecule has 0 unspecified atom stereocenters. The Labute approximate surface area is 130 Å². The van der Waals surface area contributed by atoms with Crippen molar-refractivity contribution in [2.24, 2.45) is 11.7 Å². The van der Waals surface area contributed by atoms with Gasteiger partial charge in [-0.2, -0.15) is 0 Å². The molecule has 0 fully saturated rings. The molecule has 0 heterocycles. The zero-order valence-corrected chi connectivity index (χ0v) is 12.5. The Morgan fingerprint density at radius 3 is 2.13 bits per heavy atom. The monoisotopic (exact) mass is 250 g/mol. The van der Waals surface area contributed by atoms with Crippen LogP contribution in [0.2, 0.25) is 0 Å². The molecule has 1 amide bonds. The van der Waals surface area contributed by atoms with Crippen LogP contribution in [0, 0.1) is 5.92 Å². The van der Waals surface area contributed by atoms with Crippen molar-refractivity contribution < 1.29 is 69.1 Å². The Bertz CT molecular complexity index is 201. The van der Waals surface area contributed by atoms with E-state index in [2.05, 4.69) is 0 Å². The van der Waals surface area contributed by atoms with Gasteiger partial charge in [0.15, 0.2) is 0 Å². The number of carbonyl (C=O) groups excluding carboxylic acids is 1. The van der Waals surface area contributed by atoms with E-state index in [0.717, 1.165) is 4.90 Å². The third-order valence-electron chi connectivity index (χ3n) is 1.47. The SMILES string of the molecule is CC(C)CN(CC(N)=O)C[B-](F)(F)F.[K+]. The summed E-state index contributed by atoms with van der Waals surface area (Å²) in [6.45, 7) is -1.42. The van der Waals surface area contributed by atoms with Crippen molar-refractivity contribution in [1.29, 1.82) is 0 Å². The van der Waals surface area contributed by atoms with Crippen LogP contribution in [0.5, 0.6) is 0 Å². The molecule has 0 rings (SSSR count). The minimum Gasteiger partial charge on any atom is -0.448 e. The predicted octanol–water partition coefficient (Wildman–Crippen LogP) is -2.18. The van der Waals surface area contributed by atoms with Gasteiger partial charge in [0.2, 0.25) is 5.91 Å². The second kappa shape index (κ2) is 8.08. The van der Waals surface area contributed by atoms with Gasteiger partial charge in [0.25, 0.3) is 0 Å². The number of halogens is 3. The largest absolute Gasteiger partial charge is 1.00 e. The Morgan fingerprint density at radius 1 is 1.40 bits per heavy atom. The van der Waals surface area contributed by atoms with Crippen LogP contribution in [0.3, 0.4) is 0 Å². The van der Waals surface area contributed by atoms with E-state index in [1.54, 1.807) is 13.8 Å². The van der Waals surface area contributed by atoms with E-state index in [0.29, 0.717) is 0 Å². The number of nitrogens with two attached hydrogens (primary N) is 1. The maximum Gasteiger partial charge on any atom is 1.00 e. The van der Waals surface area contributed by atoms with Gasteiger partial charge in [-0.15, -0.1) is 0 Å². The molecule has 0 aromatic rings. The number of amides is 1. The van der Waals surface area contributed by atoms with Crippen molar-refractivity contribution in [3.8, 4) is 0 Å². The van der Waals surface area contributed by atoms with Crippen LogP contribution >= 0.6 is 0 Å². The zero-order valence-electron chi connectivity index (χ0n) is 9.34. The summed E-state index contributed by atoms with van der Waals surface area (Å²) in [5, 5.41) is 0. The summed E-state index contributed by atoms with van der Waals surface area (Å²) in [4.78, 5) is 11.5. The van der Waals surface area contributed by atoms with Gasteiger partial charge in [-0.25, -0.2) is 0 Å². The predicted molar refractivity (Wildman–Crippen MR) is 49.6 cm³/mol. The van der Waals surface area contributed by atoms with Crippen molar-refractivity contribution in [1.82, 2.24) is 4.90 Å². The smallest absolute Gasteiger partial charge is 0.448 e. The molecule has 2 N–H and O–H groups in total. The fraction of sp³-hybridized carbons (Fsp3) is 0.857. The Kier molecular flexibility index (Phi) is 9.85. The van der Waals surface area contributed by atoms with Crippen molar-refractivity contribution >= 4 is 12.9 Å². The minimum absolute atomic E-state index is 0. The molecule has 0 atom stereocenters. The molecule has 0 saturated carbocycles. The maximum atomic E-state index is 12.1. The molecule has 0 radical (unpaired) electrons. The minimum atomic E-state index is -4.89. The molecule has 8 heteroatoms. The second-order valence-corrected chi connectivity index (χ2v) is 3.76. The summed E-state index contributed by atoms with van der Waals surface area (Å²) in [5.41, 5.74) is 4.85. The number of rotatable bonds is 6. The first-order valence-electron chi connectivity index (χ1n) is 4.42. The summed E-state index contributed by atoms with van der Waals surface area (Å²) in [5.74, 6) is -0.654. The van der Waals surface area contributed by atoms with E-state index in [1.807, 2.05) is 0 Å². The first kappa shape index (κ1) is 18.3. The number of primary amides is 1. The van der Waals surface area contributed by atoms with E-state index in [-0.39, 0.29) is 70.4 Å². The summed E-state index contributed by atoms with van der Waals surface area (Å²) in [7, 11) is 0. The molecule has 0 saturated heterocycles. The van der Waals surface area contributed by atoms with E-state index in [1.165, 1.54) is 0 Å².